The molecule has 1 aromatic carbocycles. The molecule has 0 atom stereocenters. The molecule has 3 heteroatoms. The molecule has 3 nitrogen and oxygen atoms in total. The quantitative estimate of drug-likeness (QED) is 0.854. The molecule has 3 rings (SSSR count). The molecule has 1 aliphatic carbocycles. The molecule has 0 spiro atoms. The van der Waals surface area contributed by atoms with E-state index >= 15 is 0 Å². The van der Waals surface area contributed by atoms with Gasteiger partial charge >= 0.3 is 0 Å². The van der Waals surface area contributed by atoms with Crippen molar-refractivity contribution >= 4 is 0 Å². The van der Waals surface area contributed by atoms with E-state index < -0.39 is 0 Å². The van der Waals surface area contributed by atoms with E-state index in [-0.39, 0.29) is 0 Å². The number of phenolic OH excluding ortho intramolecular Hbond substituents is 1. The van der Waals surface area contributed by atoms with Crippen molar-refractivity contribution in [3.63, 3.8) is 0 Å². The fourth-order valence-electron chi connectivity index (χ4n) is 2.82. The number of nitrogens with zero attached hydrogens (tertiary/aromatic N) is 1. The topological polar surface area (TPSA) is 35.5 Å². The maximum atomic E-state index is 9.71. The van der Waals surface area contributed by atoms with Gasteiger partial charge in [0.05, 0.1) is 0 Å². The summed E-state index contributed by atoms with van der Waals surface area (Å²) in [5, 5.41) is 13.3. The van der Waals surface area contributed by atoms with E-state index in [0.29, 0.717) is 11.8 Å². The minimum Gasteiger partial charge on any atom is -0.508 e. The highest BCUT2D eigenvalue weighted by molar-refractivity contribution is 5.31. The molecule has 0 amide bonds. The van der Waals surface area contributed by atoms with Crippen LogP contribution in [-0.4, -0.2) is 35.2 Å². The van der Waals surface area contributed by atoms with Crippen LogP contribution in [0.15, 0.2) is 24.3 Å². The monoisotopic (exact) mass is 246 g/mol. The maximum absolute atomic E-state index is 9.71. The van der Waals surface area contributed by atoms with Crippen LogP contribution >= 0.6 is 0 Å². The third kappa shape index (κ3) is 2.85. The molecule has 0 bridgehead atoms. The predicted octanol–water partition coefficient (Wildman–Crippen LogP) is 2.11. The van der Waals surface area contributed by atoms with Gasteiger partial charge in [-0.3, -0.25) is 0 Å². The van der Waals surface area contributed by atoms with Crippen molar-refractivity contribution in [1.29, 1.82) is 0 Å². The van der Waals surface area contributed by atoms with Crippen LogP contribution in [-0.2, 0) is 6.54 Å². The third-order valence-corrected chi connectivity index (χ3v) is 4.17. The van der Waals surface area contributed by atoms with Crippen molar-refractivity contribution in [3.05, 3.63) is 29.8 Å². The van der Waals surface area contributed by atoms with Crippen molar-refractivity contribution < 1.29 is 5.11 Å². The molecule has 2 aliphatic rings. The Morgan fingerprint density at radius 1 is 1.11 bits per heavy atom. The Labute approximate surface area is 109 Å². The van der Waals surface area contributed by atoms with Crippen LogP contribution in [0, 0.1) is 0 Å². The highest BCUT2D eigenvalue weighted by Crippen LogP contribution is 2.29. The number of phenols is 1. The minimum absolute atomic E-state index is 0.403. The molecule has 98 valence electrons. The summed E-state index contributed by atoms with van der Waals surface area (Å²) in [7, 11) is 0. The summed E-state index contributed by atoms with van der Waals surface area (Å²) >= 11 is 0. The molecule has 1 heterocycles. The molecule has 2 fully saturated rings. The molecular weight excluding hydrogens is 224 g/mol. The standard InChI is InChI=1S/C15H22N2O/c18-15-4-2-1-3-12(15)11-16-13-7-9-17(10-8-13)14-5-6-14/h1-4,13-14,16,18H,5-11H2. The first-order valence-corrected chi connectivity index (χ1v) is 7.07. The highest BCUT2D eigenvalue weighted by Gasteiger charge is 2.31. The first kappa shape index (κ1) is 12.0. The van der Waals surface area contributed by atoms with Crippen molar-refractivity contribution in [2.75, 3.05) is 13.1 Å². The van der Waals surface area contributed by atoms with Crippen molar-refractivity contribution in [2.24, 2.45) is 0 Å². The molecule has 0 unspecified atom stereocenters. The summed E-state index contributed by atoms with van der Waals surface area (Å²) < 4.78 is 0. The number of piperidine rings is 1. The number of hydrogen-bond acceptors (Lipinski definition) is 3. The van der Waals surface area contributed by atoms with Gasteiger partial charge in [0.2, 0.25) is 0 Å². The zero-order valence-corrected chi connectivity index (χ0v) is 10.8. The van der Waals surface area contributed by atoms with Crippen molar-refractivity contribution in [3.8, 4) is 5.75 Å². The van der Waals surface area contributed by atoms with E-state index in [4.69, 9.17) is 0 Å². The molecule has 18 heavy (non-hydrogen) atoms. The van der Waals surface area contributed by atoms with E-state index in [2.05, 4.69) is 10.2 Å². The summed E-state index contributed by atoms with van der Waals surface area (Å²) in [4.78, 5) is 2.64. The normalized spacial score (nSPS) is 22.2. The maximum Gasteiger partial charge on any atom is 0.120 e. The molecule has 1 saturated carbocycles. The van der Waals surface area contributed by atoms with Gasteiger partial charge < -0.3 is 15.3 Å². The average molecular weight is 246 g/mol. The predicted molar refractivity (Wildman–Crippen MR) is 72.6 cm³/mol. The Bertz CT molecular complexity index is 395. The zero-order chi connectivity index (χ0) is 12.4. The molecule has 0 aromatic heterocycles. The van der Waals surface area contributed by atoms with Gasteiger partial charge in [0.1, 0.15) is 5.75 Å². The van der Waals surface area contributed by atoms with Gasteiger partial charge in [0.25, 0.3) is 0 Å². The van der Waals surface area contributed by atoms with Gasteiger partial charge in [-0.2, -0.15) is 0 Å². The molecule has 1 saturated heterocycles. The number of para-hydroxylation sites is 1. The van der Waals surface area contributed by atoms with Gasteiger partial charge in [-0.05, 0) is 44.8 Å². The Hall–Kier alpha value is -1.06. The molecule has 1 aliphatic heterocycles. The SMILES string of the molecule is Oc1ccccc1CNC1CCN(C2CC2)CC1. The zero-order valence-electron chi connectivity index (χ0n) is 10.8. The van der Waals surface area contributed by atoms with Crippen LogP contribution in [0.5, 0.6) is 5.75 Å². The first-order valence-electron chi connectivity index (χ1n) is 7.07. The minimum atomic E-state index is 0.403. The lowest BCUT2D eigenvalue weighted by Crippen LogP contribution is -2.43. The molecule has 0 radical (unpaired) electrons. The lowest BCUT2D eigenvalue weighted by atomic mass is 10.0. The summed E-state index contributed by atoms with van der Waals surface area (Å²) in [5.41, 5.74) is 1.00. The molecular formula is C15H22N2O. The molecule has 1 aromatic rings. The van der Waals surface area contributed by atoms with Crippen molar-refractivity contribution in [1.82, 2.24) is 10.2 Å². The van der Waals surface area contributed by atoms with E-state index in [9.17, 15) is 5.11 Å². The summed E-state index contributed by atoms with van der Waals surface area (Å²) in [6.07, 6.45) is 5.31. The number of benzene rings is 1. The second kappa shape index (κ2) is 5.29. The smallest absolute Gasteiger partial charge is 0.120 e. The Morgan fingerprint density at radius 2 is 1.83 bits per heavy atom. The van der Waals surface area contributed by atoms with E-state index in [0.717, 1.165) is 18.2 Å². The van der Waals surface area contributed by atoms with Crippen LogP contribution < -0.4 is 5.32 Å². The Balaban J connectivity index is 1.45. The van der Waals surface area contributed by atoms with Crippen LogP contribution in [0.25, 0.3) is 0 Å². The largest absolute Gasteiger partial charge is 0.508 e. The van der Waals surface area contributed by atoms with Crippen LogP contribution in [0.2, 0.25) is 0 Å². The summed E-state index contributed by atoms with van der Waals surface area (Å²) in [6, 6.07) is 9.11. The Morgan fingerprint density at radius 3 is 2.50 bits per heavy atom. The highest BCUT2D eigenvalue weighted by atomic mass is 16.3. The van der Waals surface area contributed by atoms with E-state index in [1.807, 2.05) is 18.2 Å². The summed E-state index contributed by atoms with van der Waals surface area (Å²) in [5.74, 6) is 0.403. The lowest BCUT2D eigenvalue weighted by molar-refractivity contribution is 0.189. The van der Waals surface area contributed by atoms with E-state index in [1.165, 1.54) is 38.8 Å². The van der Waals surface area contributed by atoms with Gasteiger partial charge in [0.15, 0.2) is 0 Å². The van der Waals surface area contributed by atoms with Gasteiger partial charge in [-0.25, -0.2) is 0 Å². The molecule has 2 N–H and O–H groups in total. The number of nitrogens with one attached hydrogen (secondary N) is 1. The number of hydrogen-bond donors (Lipinski definition) is 2. The van der Waals surface area contributed by atoms with Gasteiger partial charge in [0, 0.05) is 24.2 Å². The lowest BCUT2D eigenvalue weighted by Gasteiger charge is -2.32. The van der Waals surface area contributed by atoms with Gasteiger partial charge in [-0.15, -0.1) is 0 Å². The second-order valence-corrected chi connectivity index (χ2v) is 5.55. The van der Waals surface area contributed by atoms with Crippen LogP contribution in [0.3, 0.4) is 0 Å². The third-order valence-electron chi connectivity index (χ3n) is 4.17. The van der Waals surface area contributed by atoms with E-state index in [1.54, 1.807) is 6.07 Å². The van der Waals surface area contributed by atoms with Crippen molar-refractivity contribution in [2.45, 2.75) is 44.3 Å². The average Bonchev–Trinajstić information content (AvgIpc) is 3.23. The number of rotatable bonds is 4. The van der Waals surface area contributed by atoms with Crippen LogP contribution in [0.1, 0.15) is 31.2 Å². The second-order valence-electron chi connectivity index (χ2n) is 5.55. The fourth-order valence-corrected chi connectivity index (χ4v) is 2.82. The van der Waals surface area contributed by atoms with Gasteiger partial charge in [-0.1, -0.05) is 18.2 Å². The fraction of sp³-hybridized carbons (Fsp3) is 0.600. The Kier molecular flexibility index (Phi) is 3.52. The summed E-state index contributed by atoms with van der Waals surface area (Å²) in [6.45, 7) is 3.26. The number of likely N-dealkylation sites (tertiary alicyclic amines) is 1. The first-order chi connectivity index (χ1) is 8.83. The number of aromatic hydroxyl groups is 1. The van der Waals surface area contributed by atoms with Crippen LogP contribution in [0.4, 0.5) is 0 Å².